The van der Waals surface area contributed by atoms with Crippen molar-refractivity contribution in [2.75, 3.05) is 0 Å². The minimum absolute atomic E-state index is 0.0755. The Bertz CT molecular complexity index is 511. The first-order chi connectivity index (χ1) is 12.8. The SMILES string of the molecule is CCCCC(C)CC(O)/C=C/C1C=CC(=O)C1C(O)CCCCCC(=O)O. The van der Waals surface area contributed by atoms with Crippen molar-refractivity contribution in [3.05, 3.63) is 24.3 Å². The van der Waals surface area contributed by atoms with E-state index in [1.807, 2.05) is 6.08 Å². The van der Waals surface area contributed by atoms with Gasteiger partial charge in [-0.3, -0.25) is 9.59 Å². The molecule has 0 fully saturated rings. The van der Waals surface area contributed by atoms with E-state index in [1.54, 1.807) is 12.2 Å². The minimum Gasteiger partial charge on any atom is -0.481 e. The Hall–Kier alpha value is -1.46. The summed E-state index contributed by atoms with van der Waals surface area (Å²) in [7, 11) is 0. The number of hydrogen-bond donors (Lipinski definition) is 3. The number of aliphatic hydroxyl groups excluding tert-OH is 2. The highest BCUT2D eigenvalue weighted by atomic mass is 16.4. The fraction of sp³-hybridized carbons (Fsp3) is 0.727. The molecule has 27 heavy (non-hydrogen) atoms. The van der Waals surface area contributed by atoms with Crippen LogP contribution in [0, 0.1) is 17.8 Å². The molecule has 3 N–H and O–H groups in total. The predicted octanol–water partition coefficient (Wildman–Crippen LogP) is 3.89. The first-order valence-corrected chi connectivity index (χ1v) is 10.3. The summed E-state index contributed by atoms with van der Waals surface area (Å²) in [5, 5.41) is 29.3. The summed E-state index contributed by atoms with van der Waals surface area (Å²) in [6.45, 7) is 4.30. The number of unbranched alkanes of at least 4 members (excludes halogenated alkanes) is 3. The molecular formula is C22H36O5. The second-order valence-electron chi connectivity index (χ2n) is 7.86. The average Bonchev–Trinajstić information content (AvgIpc) is 2.98. The maximum atomic E-state index is 12.1. The highest BCUT2D eigenvalue weighted by Crippen LogP contribution is 2.29. The molecule has 0 saturated carbocycles. The second-order valence-corrected chi connectivity index (χ2v) is 7.86. The van der Waals surface area contributed by atoms with Crippen LogP contribution in [0.25, 0.3) is 0 Å². The van der Waals surface area contributed by atoms with E-state index in [9.17, 15) is 19.8 Å². The Labute approximate surface area is 163 Å². The van der Waals surface area contributed by atoms with Crippen molar-refractivity contribution in [2.24, 2.45) is 17.8 Å². The maximum Gasteiger partial charge on any atom is 0.303 e. The predicted molar refractivity (Wildman–Crippen MR) is 106 cm³/mol. The van der Waals surface area contributed by atoms with E-state index >= 15 is 0 Å². The zero-order chi connectivity index (χ0) is 20.2. The van der Waals surface area contributed by atoms with Crippen LogP contribution in [-0.4, -0.2) is 39.3 Å². The molecule has 0 spiro atoms. The molecule has 154 valence electrons. The Kier molecular flexibility index (Phi) is 11.2. The lowest BCUT2D eigenvalue weighted by Crippen LogP contribution is -2.29. The number of aliphatic hydroxyl groups is 2. The summed E-state index contributed by atoms with van der Waals surface area (Å²) < 4.78 is 0. The lowest BCUT2D eigenvalue weighted by atomic mass is 9.86. The smallest absolute Gasteiger partial charge is 0.303 e. The first kappa shape index (κ1) is 23.6. The van der Waals surface area contributed by atoms with Crippen LogP contribution in [0.15, 0.2) is 24.3 Å². The number of ketones is 1. The molecule has 0 aliphatic heterocycles. The monoisotopic (exact) mass is 380 g/mol. The van der Waals surface area contributed by atoms with E-state index in [0.29, 0.717) is 31.6 Å². The van der Waals surface area contributed by atoms with Gasteiger partial charge in [-0.2, -0.15) is 0 Å². The first-order valence-electron chi connectivity index (χ1n) is 10.3. The van der Waals surface area contributed by atoms with Crippen molar-refractivity contribution in [1.29, 1.82) is 0 Å². The van der Waals surface area contributed by atoms with Crippen LogP contribution in [0.1, 0.15) is 71.6 Å². The topological polar surface area (TPSA) is 94.8 Å². The molecule has 0 saturated heterocycles. The molecule has 0 aromatic rings. The minimum atomic E-state index is -0.807. The van der Waals surface area contributed by atoms with Gasteiger partial charge in [0.1, 0.15) is 0 Å². The van der Waals surface area contributed by atoms with E-state index in [-0.39, 0.29) is 18.1 Å². The molecule has 0 radical (unpaired) electrons. The molecule has 0 aromatic carbocycles. The molecule has 5 unspecified atom stereocenters. The van der Waals surface area contributed by atoms with Crippen LogP contribution in [0.5, 0.6) is 0 Å². The van der Waals surface area contributed by atoms with E-state index in [1.165, 1.54) is 6.08 Å². The number of rotatable bonds is 14. The Morgan fingerprint density at radius 1 is 1.19 bits per heavy atom. The van der Waals surface area contributed by atoms with E-state index in [4.69, 9.17) is 5.11 Å². The van der Waals surface area contributed by atoms with Crippen molar-refractivity contribution >= 4 is 11.8 Å². The standard InChI is InChI=1S/C22H36O5/c1-3-4-8-16(2)15-18(23)13-11-17-12-14-20(25)22(17)19(24)9-6-5-7-10-21(26)27/h11-14,16-19,22-24H,3-10,15H2,1-2H3,(H,26,27)/b13-11+. The fourth-order valence-electron chi connectivity index (χ4n) is 3.66. The molecule has 0 bridgehead atoms. The summed E-state index contributed by atoms with van der Waals surface area (Å²) in [6.07, 6.45) is 12.4. The highest BCUT2D eigenvalue weighted by molar-refractivity contribution is 5.95. The van der Waals surface area contributed by atoms with Crippen LogP contribution >= 0.6 is 0 Å². The average molecular weight is 381 g/mol. The summed E-state index contributed by atoms with van der Waals surface area (Å²) in [5.74, 6) is -1.11. The van der Waals surface area contributed by atoms with Crippen molar-refractivity contribution in [2.45, 2.75) is 83.8 Å². The van der Waals surface area contributed by atoms with Gasteiger partial charge in [0.15, 0.2) is 5.78 Å². The third-order valence-corrected chi connectivity index (χ3v) is 5.28. The van der Waals surface area contributed by atoms with Gasteiger partial charge in [0, 0.05) is 12.3 Å². The Balaban J connectivity index is 2.45. The van der Waals surface area contributed by atoms with Crippen molar-refractivity contribution in [3.8, 4) is 0 Å². The van der Waals surface area contributed by atoms with Crippen LogP contribution < -0.4 is 0 Å². The lowest BCUT2D eigenvalue weighted by Gasteiger charge is -2.22. The third-order valence-electron chi connectivity index (χ3n) is 5.28. The summed E-state index contributed by atoms with van der Waals surface area (Å²) in [6, 6.07) is 0. The fourth-order valence-corrected chi connectivity index (χ4v) is 3.66. The number of carboxylic acids is 1. The molecule has 5 atom stereocenters. The second kappa shape index (κ2) is 12.8. The number of carbonyl (C=O) groups excluding carboxylic acids is 1. The number of aliphatic carboxylic acids is 1. The van der Waals surface area contributed by atoms with Crippen LogP contribution in [-0.2, 0) is 9.59 Å². The van der Waals surface area contributed by atoms with Crippen LogP contribution in [0.2, 0.25) is 0 Å². The largest absolute Gasteiger partial charge is 0.481 e. The van der Waals surface area contributed by atoms with Gasteiger partial charge in [0.2, 0.25) is 0 Å². The maximum absolute atomic E-state index is 12.1. The summed E-state index contributed by atoms with van der Waals surface area (Å²) in [4.78, 5) is 22.6. The zero-order valence-corrected chi connectivity index (χ0v) is 16.7. The zero-order valence-electron chi connectivity index (χ0n) is 16.7. The molecule has 1 aliphatic carbocycles. The van der Waals surface area contributed by atoms with Crippen LogP contribution in [0.4, 0.5) is 0 Å². The van der Waals surface area contributed by atoms with Gasteiger partial charge in [0.25, 0.3) is 0 Å². The highest BCUT2D eigenvalue weighted by Gasteiger charge is 2.34. The van der Waals surface area contributed by atoms with Crippen molar-refractivity contribution in [1.82, 2.24) is 0 Å². The summed E-state index contributed by atoms with van der Waals surface area (Å²) in [5.41, 5.74) is 0. The van der Waals surface area contributed by atoms with E-state index in [0.717, 1.165) is 25.7 Å². The normalized spacial score (nSPS) is 23.0. The van der Waals surface area contributed by atoms with Gasteiger partial charge in [0.05, 0.1) is 18.1 Å². The number of carboxylic acid groups (broad SMARTS) is 1. The van der Waals surface area contributed by atoms with Gasteiger partial charge >= 0.3 is 5.97 Å². The van der Waals surface area contributed by atoms with Gasteiger partial charge in [-0.25, -0.2) is 0 Å². The van der Waals surface area contributed by atoms with Gasteiger partial charge < -0.3 is 15.3 Å². The Morgan fingerprint density at radius 3 is 2.59 bits per heavy atom. The molecule has 1 rings (SSSR count). The molecular weight excluding hydrogens is 344 g/mol. The molecule has 0 amide bonds. The number of hydrogen-bond acceptors (Lipinski definition) is 4. The van der Waals surface area contributed by atoms with Gasteiger partial charge in [-0.15, -0.1) is 0 Å². The molecule has 0 heterocycles. The number of carbonyl (C=O) groups is 2. The van der Waals surface area contributed by atoms with Gasteiger partial charge in [-0.1, -0.05) is 64.2 Å². The van der Waals surface area contributed by atoms with Gasteiger partial charge in [-0.05, 0) is 31.3 Å². The van der Waals surface area contributed by atoms with Crippen LogP contribution in [0.3, 0.4) is 0 Å². The Morgan fingerprint density at radius 2 is 1.93 bits per heavy atom. The quantitative estimate of drug-likeness (QED) is 0.314. The van der Waals surface area contributed by atoms with E-state index < -0.39 is 24.1 Å². The number of allylic oxidation sites excluding steroid dienone is 3. The third kappa shape index (κ3) is 9.34. The van der Waals surface area contributed by atoms with Crippen molar-refractivity contribution in [3.63, 3.8) is 0 Å². The molecule has 0 aromatic heterocycles. The molecule has 1 aliphatic rings. The van der Waals surface area contributed by atoms with Crippen molar-refractivity contribution < 1.29 is 24.9 Å². The molecule has 5 nitrogen and oxygen atoms in total. The lowest BCUT2D eigenvalue weighted by molar-refractivity contribution is -0.137. The van der Waals surface area contributed by atoms with E-state index in [2.05, 4.69) is 13.8 Å². The molecule has 5 heteroatoms. The summed E-state index contributed by atoms with van der Waals surface area (Å²) >= 11 is 0.